The summed E-state index contributed by atoms with van der Waals surface area (Å²) in [4.78, 5) is 34.4. The van der Waals surface area contributed by atoms with Crippen molar-refractivity contribution in [2.24, 2.45) is 5.41 Å². The molecule has 15 heavy (non-hydrogen) atoms. The number of carbonyl (C=O) groups excluding carboxylic acids is 3. The summed E-state index contributed by atoms with van der Waals surface area (Å²) in [7, 11) is 0. The zero-order valence-electron chi connectivity index (χ0n) is 8.60. The van der Waals surface area contributed by atoms with Gasteiger partial charge in [0.2, 0.25) is 0 Å². The minimum absolute atomic E-state index is 0. The molecular weight excluding hydrogens is 230 g/mol. The van der Waals surface area contributed by atoms with Gasteiger partial charge in [0.1, 0.15) is 5.41 Å². The van der Waals surface area contributed by atoms with Crippen molar-refractivity contribution >= 4 is 17.9 Å². The van der Waals surface area contributed by atoms with Crippen molar-refractivity contribution < 1.29 is 93.9 Å². The molecule has 0 spiro atoms. The molecule has 0 atom stereocenters. The van der Waals surface area contributed by atoms with E-state index in [4.69, 9.17) is 5.26 Å². The Balaban J connectivity index is -0.000000720. The molecule has 0 rings (SSSR count). The first-order chi connectivity index (χ1) is 5.93. The average molecular weight is 236 g/mol. The molecule has 0 amide bonds. The van der Waals surface area contributed by atoms with Crippen LogP contribution in [0.5, 0.6) is 0 Å². The van der Waals surface area contributed by atoms with Crippen LogP contribution < -0.4 is 69.3 Å². The Morgan fingerprint density at radius 1 is 1.20 bits per heavy atom. The summed E-state index contributed by atoms with van der Waals surface area (Å²) in [6.07, 6.45) is -0.642. The molecule has 1 N–H and O–H groups in total. The summed E-state index contributed by atoms with van der Waals surface area (Å²) in [5, 5.41) is 28.6. The van der Waals surface area contributed by atoms with Gasteiger partial charge in [0, 0.05) is 0 Å². The molecule has 0 aliphatic rings. The monoisotopic (exact) mass is 236 g/mol. The van der Waals surface area contributed by atoms with Crippen LogP contribution in [0.3, 0.4) is 0 Å². The van der Waals surface area contributed by atoms with E-state index in [1.807, 2.05) is 0 Å². The van der Waals surface area contributed by atoms with Crippen molar-refractivity contribution in [3.63, 3.8) is 0 Å². The minimum atomic E-state index is -2.95. The van der Waals surface area contributed by atoms with Gasteiger partial charge in [-0.15, -0.1) is 0 Å². The molecule has 0 aromatic rings. The Labute approximate surface area is 129 Å². The molecule has 0 fully saturated rings. The van der Waals surface area contributed by atoms with Crippen LogP contribution in [-0.2, 0) is 19.3 Å². The topological polar surface area (TPSA) is 127 Å². The van der Waals surface area contributed by atoms with Gasteiger partial charge in [-0.05, 0) is 6.42 Å². The van der Waals surface area contributed by atoms with Crippen molar-refractivity contribution in [1.82, 2.24) is 0 Å². The van der Waals surface area contributed by atoms with E-state index in [0.717, 1.165) is 6.92 Å². The van der Waals surface area contributed by atoms with E-state index >= 15 is 0 Å². The fourth-order valence-corrected chi connectivity index (χ4v) is 0.761. The predicted molar refractivity (Wildman–Crippen MR) is 31.5 cm³/mol. The summed E-state index contributed by atoms with van der Waals surface area (Å²) < 4.78 is 0. The molecule has 0 aromatic heterocycles. The number of carbonyl (C=O) groups is 3. The van der Waals surface area contributed by atoms with Gasteiger partial charge in [-0.2, -0.15) is 5.26 Å². The van der Waals surface area contributed by atoms with Crippen molar-refractivity contribution in [3.05, 3.63) is 0 Å². The van der Waals surface area contributed by atoms with Crippen LogP contribution in [0.2, 0.25) is 0 Å². The summed E-state index contributed by atoms with van der Waals surface area (Å²) >= 11 is 0. The van der Waals surface area contributed by atoms with Crippen molar-refractivity contribution in [3.8, 4) is 0 Å². The Bertz CT molecular complexity index is 238. The van der Waals surface area contributed by atoms with Crippen LogP contribution in [0.15, 0.2) is 0 Å². The Morgan fingerprint density at radius 2 is 1.53 bits per heavy atom. The van der Waals surface area contributed by atoms with Crippen LogP contribution >= 0.6 is 0 Å². The second-order valence-corrected chi connectivity index (χ2v) is 2.21. The molecule has 0 bridgehead atoms. The molecule has 0 radical (unpaired) electrons. The predicted octanol–water partition coefficient (Wildman–Crippen LogP) is -9.09. The standard InChI is InChI=1S/C6H8O7.2Na/c1-2-6(3(7)8,4(9)10)5(11)13-12;;/h12H,2H2,1H3,(H,7,8)(H,9,10);;/q;2*+1/p-2. The van der Waals surface area contributed by atoms with Gasteiger partial charge in [0.25, 0.3) is 0 Å². The largest absolute Gasteiger partial charge is 1.00 e. The van der Waals surface area contributed by atoms with E-state index in [1.54, 1.807) is 0 Å². The van der Waals surface area contributed by atoms with Gasteiger partial charge in [-0.3, -0.25) is 4.89 Å². The van der Waals surface area contributed by atoms with Gasteiger partial charge in [0.15, 0.2) is 0 Å². The van der Waals surface area contributed by atoms with E-state index in [0.29, 0.717) is 0 Å². The average Bonchev–Trinajstić information content (AvgIpc) is 2.04. The first kappa shape index (κ1) is 20.7. The maximum Gasteiger partial charge on any atom is 1.00 e. The van der Waals surface area contributed by atoms with Crippen LogP contribution in [0.25, 0.3) is 0 Å². The maximum atomic E-state index is 10.6. The fraction of sp³-hybridized carbons (Fsp3) is 0.500. The number of hydrogen-bond donors (Lipinski definition) is 1. The van der Waals surface area contributed by atoms with Crippen LogP contribution in [-0.4, -0.2) is 23.2 Å². The molecule has 0 aliphatic heterocycles. The number of aliphatic carboxylic acids is 2. The molecular formula is C6H6Na2O7. The second kappa shape index (κ2) is 8.51. The summed E-state index contributed by atoms with van der Waals surface area (Å²) in [5.74, 6) is -6.21. The number of rotatable bonds is 4. The van der Waals surface area contributed by atoms with E-state index < -0.39 is 29.7 Å². The minimum Gasteiger partial charge on any atom is -0.548 e. The Morgan fingerprint density at radius 3 is 1.60 bits per heavy atom. The van der Waals surface area contributed by atoms with Crippen LogP contribution in [0, 0.1) is 5.41 Å². The SMILES string of the molecule is CCC(C(=O)[O-])(C(=O)[O-])C(=O)OO.[Na+].[Na+]. The summed E-state index contributed by atoms with van der Waals surface area (Å²) in [6.45, 7) is 1.10. The quantitative estimate of drug-likeness (QED) is 0.222. The van der Waals surface area contributed by atoms with Gasteiger partial charge in [-0.1, -0.05) is 6.92 Å². The Kier molecular flexibility index (Phi) is 11.8. The van der Waals surface area contributed by atoms with Crippen LogP contribution in [0.1, 0.15) is 13.3 Å². The van der Waals surface area contributed by atoms with Gasteiger partial charge in [0.05, 0.1) is 11.9 Å². The van der Waals surface area contributed by atoms with Crippen molar-refractivity contribution in [1.29, 1.82) is 0 Å². The molecule has 0 saturated heterocycles. The fourth-order valence-electron chi connectivity index (χ4n) is 0.761. The number of hydrogen-bond acceptors (Lipinski definition) is 7. The van der Waals surface area contributed by atoms with E-state index in [9.17, 15) is 24.6 Å². The van der Waals surface area contributed by atoms with Crippen molar-refractivity contribution in [2.45, 2.75) is 13.3 Å². The molecule has 0 heterocycles. The van der Waals surface area contributed by atoms with Gasteiger partial charge >= 0.3 is 65.1 Å². The number of carboxylic acids is 2. The zero-order chi connectivity index (χ0) is 10.6. The normalized spacial score (nSPS) is 9.20. The van der Waals surface area contributed by atoms with E-state index in [2.05, 4.69) is 4.89 Å². The third kappa shape index (κ3) is 4.03. The van der Waals surface area contributed by atoms with Crippen molar-refractivity contribution in [2.75, 3.05) is 0 Å². The first-order valence-electron chi connectivity index (χ1n) is 3.22. The third-order valence-corrected chi connectivity index (χ3v) is 1.66. The second-order valence-electron chi connectivity index (χ2n) is 2.21. The third-order valence-electron chi connectivity index (χ3n) is 1.66. The van der Waals surface area contributed by atoms with Gasteiger partial charge in [-0.25, -0.2) is 4.79 Å². The molecule has 9 heteroatoms. The smallest absolute Gasteiger partial charge is 0.548 e. The first-order valence-corrected chi connectivity index (χ1v) is 3.22. The van der Waals surface area contributed by atoms with Crippen LogP contribution in [0.4, 0.5) is 0 Å². The Hall–Kier alpha value is 0.370. The summed E-state index contributed by atoms with van der Waals surface area (Å²) in [5.41, 5.74) is -2.95. The van der Waals surface area contributed by atoms with E-state index in [1.165, 1.54) is 0 Å². The summed E-state index contributed by atoms with van der Waals surface area (Å²) in [6, 6.07) is 0. The molecule has 0 unspecified atom stereocenters. The molecule has 0 aromatic carbocycles. The zero-order valence-corrected chi connectivity index (χ0v) is 12.6. The molecule has 0 saturated carbocycles. The maximum absolute atomic E-state index is 10.6. The van der Waals surface area contributed by atoms with Gasteiger partial charge < -0.3 is 19.8 Å². The molecule has 0 aliphatic carbocycles. The molecule has 7 nitrogen and oxygen atoms in total. The number of carboxylic acid groups (broad SMARTS) is 2. The molecule has 74 valence electrons. The van der Waals surface area contributed by atoms with E-state index in [-0.39, 0.29) is 59.1 Å².